The van der Waals surface area contributed by atoms with Gasteiger partial charge in [-0.25, -0.2) is 4.79 Å². The van der Waals surface area contributed by atoms with Gasteiger partial charge < -0.3 is 19.2 Å². The number of carbonyl (C=O) groups excluding carboxylic acids is 1. The molecule has 0 saturated carbocycles. The van der Waals surface area contributed by atoms with Crippen molar-refractivity contribution < 1.29 is 23.8 Å². The number of methoxy groups -OCH3 is 1. The van der Waals surface area contributed by atoms with Gasteiger partial charge in [0.1, 0.15) is 0 Å². The van der Waals surface area contributed by atoms with Gasteiger partial charge >= 0.3 is 5.97 Å². The topological polar surface area (TPSA) is 80.0 Å². The van der Waals surface area contributed by atoms with Crippen LogP contribution in [0.2, 0.25) is 0 Å². The maximum atomic E-state index is 12.0. The average molecular weight is 253 g/mol. The summed E-state index contributed by atoms with van der Waals surface area (Å²) in [5, 5.41) is 8.72. The van der Waals surface area contributed by atoms with Crippen LogP contribution in [-0.2, 0) is 4.74 Å². The third-order valence-electron chi connectivity index (χ3n) is 3.00. The molecule has 2 heterocycles. The van der Waals surface area contributed by atoms with Gasteiger partial charge in [0.2, 0.25) is 5.76 Å². The van der Waals surface area contributed by atoms with Gasteiger partial charge in [0.25, 0.3) is 5.91 Å². The second-order valence-corrected chi connectivity index (χ2v) is 4.33. The largest absolute Gasteiger partial charge is 0.475 e. The van der Waals surface area contributed by atoms with Crippen LogP contribution in [0.4, 0.5) is 0 Å². The summed E-state index contributed by atoms with van der Waals surface area (Å²) in [7, 11) is 1.64. The molecule has 1 aliphatic heterocycles. The van der Waals surface area contributed by atoms with Crippen LogP contribution in [0.5, 0.6) is 0 Å². The van der Waals surface area contributed by atoms with E-state index in [0.29, 0.717) is 25.6 Å². The van der Waals surface area contributed by atoms with E-state index in [2.05, 4.69) is 0 Å². The summed E-state index contributed by atoms with van der Waals surface area (Å²) in [4.78, 5) is 24.4. The Balaban J connectivity index is 2.01. The lowest BCUT2D eigenvalue weighted by molar-refractivity contribution is 0.0652. The number of carbonyl (C=O) groups is 2. The molecule has 98 valence electrons. The summed E-state index contributed by atoms with van der Waals surface area (Å²) in [6.07, 6.45) is 0.895. The molecule has 1 fully saturated rings. The van der Waals surface area contributed by atoms with Crippen molar-refractivity contribution in [3.05, 3.63) is 23.7 Å². The van der Waals surface area contributed by atoms with Crippen molar-refractivity contribution in [2.75, 3.05) is 26.8 Å². The zero-order valence-electron chi connectivity index (χ0n) is 10.1. The Kier molecular flexibility index (Phi) is 3.66. The predicted octanol–water partition coefficient (Wildman–Crippen LogP) is 1.09. The lowest BCUT2D eigenvalue weighted by atomic mass is 10.1. The van der Waals surface area contributed by atoms with E-state index in [4.69, 9.17) is 14.3 Å². The fourth-order valence-electron chi connectivity index (χ4n) is 2.11. The van der Waals surface area contributed by atoms with Crippen LogP contribution in [0.3, 0.4) is 0 Å². The number of carboxylic acids is 1. The number of furan rings is 1. The van der Waals surface area contributed by atoms with E-state index < -0.39 is 5.97 Å². The van der Waals surface area contributed by atoms with Crippen LogP contribution in [0.1, 0.15) is 27.5 Å². The molecule has 0 spiro atoms. The van der Waals surface area contributed by atoms with Crippen LogP contribution in [0.25, 0.3) is 0 Å². The molecular formula is C12H15NO5. The van der Waals surface area contributed by atoms with Gasteiger partial charge in [-0.3, -0.25) is 4.79 Å². The van der Waals surface area contributed by atoms with Crippen LogP contribution in [0.15, 0.2) is 16.5 Å². The minimum absolute atomic E-state index is 0.0745. The number of amides is 1. The molecule has 1 N–H and O–H groups in total. The Morgan fingerprint density at radius 3 is 2.83 bits per heavy atom. The third kappa shape index (κ3) is 2.53. The van der Waals surface area contributed by atoms with Crippen molar-refractivity contribution in [1.29, 1.82) is 0 Å². The maximum absolute atomic E-state index is 12.0. The molecule has 1 unspecified atom stereocenters. The molecule has 1 saturated heterocycles. The minimum Gasteiger partial charge on any atom is -0.475 e. The molecule has 1 aromatic heterocycles. The van der Waals surface area contributed by atoms with E-state index >= 15 is 0 Å². The molecule has 0 radical (unpaired) electrons. The molecule has 18 heavy (non-hydrogen) atoms. The van der Waals surface area contributed by atoms with Gasteiger partial charge in [-0.2, -0.15) is 0 Å². The van der Waals surface area contributed by atoms with E-state index in [1.165, 1.54) is 12.1 Å². The van der Waals surface area contributed by atoms with Crippen molar-refractivity contribution in [3.63, 3.8) is 0 Å². The number of likely N-dealkylation sites (tertiary alicyclic amines) is 1. The van der Waals surface area contributed by atoms with E-state index in [1.54, 1.807) is 12.0 Å². The highest BCUT2D eigenvalue weighted by Gasteiger charge is 2.28. The molecule has 0 aromatic carbocycles. The standard InChI is InChI=1S/C12H15NO5/c1-17-7-8-4-5-13(6-8)11(14)9-2-3-10(18-9)12(15)16/h2-3,8H,4-7H2,1H3,(H,15,16). The number of carboxylic acid groups (broad SMARTS) is 1. The number of nitrogens with zero attached hydrogens (tertiary/aromatic N) is 1. The number of ether oxygens (including phenoxy) is 1. The molecule has 6 nitrogen and oxygen atoms in total. The van der Waals surface area contributed by atoms with Gasteiger partial charge in [-0.15, -0.1) is 0 Å². The third-order valence-corrected chi connectivity index (χ3v) is 3.00. The summed E-state index contributed by atoms with van der Waals surface area (Å²) >= 11 is 0. The molecular weight excluding hydrogens is 238 g/mol. The second kappa shape index (κ2) is 5.22. The normalized spacial score (nSPS) is 19.2. The van der Waals surface area contributed by atoms with Crippen LogP contribution >= 0.6 is 0 Å². The number of hydrogen-bond donors (Lipinski definition) is 1. The highest BCUT2D eigenvalue weighted by atomic mass is 16.5. The van der Waals surface area contributed by atoms with Gasteiger partial charge in [0, 0.05) is 26.1 Å². The monoisotopic (exact) mass is 253 g/mol. The summed E-state index contributed by atoms with van der Waals surface area (Å²) in [5.74, 6) is -1.24. The van der Waals surface area contributed by atoms with Gasteiger partial charge in [-0.05, 0) is 18.6 Å². The quantitative estimate of drug-likeness (QED) is 0.868. The Morgan fingerprint density at radius 2 is 2.22 bits per heavy atom. The molecule has 2 rings (SSSR count). The lowest BCUT2D eigenvalue weighted by Crippen LogP contribution is -2.28. The zero-order valence-corrected chi connectivity index (χ0v) is 10.1. The van der Waals surface area contributed by atoms with Crippen LogP contribution in [-0.4, -0.2) is 48.7 Å². The summed E-state index contributed by atoms with van der Waals surface area (Å²) in [6, 6.07) is 2.69. The average Bonchev–Trinajstić information content (AvgIpc) is 2.97. The van der Waals surface area contributed by atoms with Crippen LogP contribution in [0, 0.1) is 5.92 Å². The first kappa shape index (κ1) is 12.6. The Hall–Kier alpha value is -1.82. The van der Waals surface area contributed by atoms with E-state index in [-0.39, 0.29) is 17.4 Å². The molecule has 0 bridgehead atoms. The van der Waals surface area contributed by atoms with Crippen molar-refractivity contribution in [2.45, 2.75) is 6.42 Å². The van der Waals surface area contributed by atoms with Crippen molar-refractivity contribution in [3.8, 4) is 0 Å². The molecule has 1 aliphatic rings. The van der Waals surface area contributed by atoms with E-state index in [9.17, 15) is 9.59 Å². The Bertz CT molecular complexity index is 453. The first-order valence-corrected chi connectivity index (χ1v) is 5.73. The minimum atomic E-state index is -1.17. The summed E-state index contributed by atoms with van der Waals surface area (Å²) < 4.78 is 10.0. The van der Waals surface area contributed by atoms with Crippen molar-refractivity contribution >= 4 is 11.9 Å². The van der Waals surface area contributed by atoms with Gasteiger partial charge in [-0.1, -0.05) is 0 Å². The number of aromatic carboxylic acids is 1. The smallest absolute Gasteiger partial charge is 0.371 e. The number of hydrogen-bond acceptors (Lipinski definition) is 4. The zero-order chi connectivity index (χ0) is 13.1. The fourth-order valence-corrected chi connectivity index (χ4v) is 2.11. The molecule has 1 amide bonds. The summed E-state index contributed by atoms with van der Waals surface area (Å²) in [6.45, 7) is 1.90. The fraction of sp³-hybridized carbons (Fsp3) is 0.500. The van der Waals surface area contributed by atoms with E-state index in [1.807, 2.05) is 0 Å². The Labute approximate surface area is 104 Å². The van der Waals surface area contributed by atoms with E-state index in [0.717, 1.165) is 6.42 Å². The Morgan fingerprint density at radius 1 is 1.50 bits per heavy atom. The predicted molar refractivity (Wildman–Crippen MR) is 61.6 cm³/mol. The molecule has 6 heteroatoms. The van der Waals surface area contributed by atoms with Gasteiger partial charge in [0.15, 0.2) is 5.76 Å². The molecule has 1 aromatic rings. The van der Waals surface area contributed by atoms with Gasteiger partial charge in [0.05, 0.1) is 6.61 Å². The van der Waals surface area contributed by atoms with Crippen molar-refractivity contribution in [1.82, 2.24) is 4.90 Å². The first-order valence-electron chi connectivity index (χ1n) is 5.73. The first-order chi connectivity index (χ1) is 8.61. The SMILES string of the molecule is COCC1CCN(C(=O)c2ccc(C(=O)O)o2)C1. The molecule has 1 atom stereocenters. The highest BCUT2D eigenvalue weighted by molar-refractivity contribution is 5.93. The highest BCUT2D eigenvalue weighted by Crippen LogP contribution is 2.20. The van der Waals surface area contributed by atoms with Crippen molar-refractivity contribution in [2.24, 2.45) is 5.92 Å². The van der Waals surface area contributed by atoms with Crippen LogP contribution < -0.4 is 0 Å². The maximum Gasteiger partial charge on any atom is 0.371 e. The molecule has 0 aliphatic carbocycles. The lowest BCUT2D eigenvalue weighted by Gasteiger charge is -2.14. The second-order valence-electron chi connectivity index (χ2n) is 4.33. The summed E-state index contributed by atoms with van der Waals surface area (Å²) in [5.41, 5.74) is 0. The number of rotatable bonds is 4.